The van der Waals surface area contributed by atoms with Gasteiger partial charge in [-0.2, -0.15) is 0 Å². The molecule has 1 aliphatic rings. The summed E-state index contributed by atoms with van der Waals surface area (Å²) in [4.78, 5) is 19.1. The molecule has 1 aliphatic heterocycles. The number of halogens is 2. The normalized spacial score (nSPS) is 15.8. The van der Waals surface area contributed by atoms with Crippen molar-refractivity contribution in [2.75, 3.05) is 26.3 Å². The van der Waals surface area contributed by atoms with Gasteiger partial charge in [0, 0.05) is 31.3 Å². The van der Waals surface area contributed by atoms with Crippen molar-refractivity contribution >= 4 is 22.8 Å². The summed E-state index contributed by atoms with van der Waals surface area (Å²) in [6.45, 7) is 2.50. The second-order valence-electron chi connectivity index (χ2n) is 6.85. The van der Waals surface area contributed by atoms with E-state index in [4.69, 9.17) is 19.7 Å². The van der Waals surface area contributed by atoms with Crippen LogP contribution in [-0.4, -0.2) is 64.3 Å². The van der Waals surface area contributed by atoms with Crippen molar-refractivity contribution in [2.24, 2.45) is 0 Å². The first-order chi connectivity index (χ1) is 15.8. The molecular weight excluding hydrogens is 440 g/mol. The first-order valence-electron chi connectivity index (χ1n) is 9.87. The van der Waals surface area contributed by atoms with Gasteiger partial charge in [0.1, 0.15) is 30.0 Å². The number of ether oxygens (including phenoxy) is 2. The molecule has 0 bridgehead atoms. The summed E-state index contributed by atoms with van der Waals surface area (Å²) in [7, 11) is 0. The van der Waals surface area contributed by atoms with Crippen LogP contribution < -0.4 is 10.1 Å². The molecule has 174 valence electrons. The first-order valence-corrected chi connectivity index (χ1v) is 9.87. The third-order valence-corrected chi connectivity index (χ3v) is 4.47. The van der Waals surface area contributed by atoms with Crippen molar-refractivity contribution in [1.29, 1.82) is 0 Å². The van der Waals surface area contributed by atoms with Gasteiger partial charge in [-0.05, 0) is 24.3 Å². The molecule has 0 saturated carbocycles. The molecule has 3 aromatic rings. The van der Waals surface area contributed by atoms with Crippen LogP contribution in [-0.2, 0) is 14.3 Å². The van der Waals surface area contributed by atoms with Crippen molar-refractivity contribution in [3.8, 4) is 11.6 Å². The topological polar surface area (TPSA) is 123 Å². The van der Waals surface area contributed by atoms with Crippen molar-refractivity contribution in [1.82, 2.24) is 15.1 Å². The largest absolute Gasteiger partial charge is 0.478 e. The number of nitrogens with zero attached hydrogens (tertiary/aromatic N) is 2. The van der Waals surface area contributed by atoms with Gasteiger partial charge in [0.05, 0.1) is 17.5 Å². The van der Waals surface area contributed by atoms with Gasteiger partial charge in [0.2, 0.25) is 5.88 Å². The maximum atomic E-state index is 14.2. The Kier molecular flexibility index (Phi) is 8.06. The van der Waals surface area contributed by atoms with Crippen LogP contribution in [0, 0.1) is 11.6 Å². The average Bonchev–Trinajstić information content (AvgIpc) is 3.17. The van der Waals surface area contributed by atoms with Crippen LogP contribution in [0.4, 0.5) is 8.78 Å². The number of aromatic nitrogens is 2. The maximum Gasteiger partial charge on any atom is 0.328 e. The Morgan fingerprint density at radius 1 is 1.18 bits per heavy atom. The van der Waals surface area contributed by atoms with Gasteiger partial charge in [-0.15, -0.1) is 5.10 Å². The summed E-state index contributed by atoms with van der Waals surface area (Å²) in [5, 5.41) is 23.9. The summed E-state index contributed by atoms with van der Waals surface area (Å²) in [5.41, 5.74) is 0.686. The number of fused-ring (bicyclic) bond motifs is 1. The highest BCUT2D eigenvalue weighted by Gasteiger charge is 2.19. The monoisotopic (exact) mass is 461 g/mol. The Hall–Kier alpha value is -3.83. The predicted molar refractivity (Wildman–Crippen MR) is 114 cm³/mol. The van der Waals surface area contributed by atoms with Crippen molar-refractivity contribution < 1.29 is 38.1 Å². The van der Waals surface area contributed by atoms with Crippen molar-refractivity contribution in [3.63, 3.8) is 0 Å². The zero-order valence-electron chi connectivity index (χ0n) is 17.3. The highest BCUT2D eigenvalue weighted by atomic mass is 19.1. The third kappa shape index (κ3) is 6.57. The van der Waals surface area contributed by atoms with E-state index in [-0.39, 0.29) is 11.8 Å². The molecule has 1 saturated heterocycles. The van der Waals surface area contributed by atoms with E-state index < -0.39 is 23.6 Å². The summed E-state index contributed by atoms with van der Waals surface area (Å²) >= 11 is 0. The smallest absolute Gasteiger partial charge is 0.328 e. The van der Waals surface area contributed by atoms with Gasteiger partial charge in [-0.3, -0.25) is 0 Å². The SMILES string of the molecule is Fc1ccc(F)c(-n2nc(OCC3CNCCO3)c3ccccc32)c1.O=C(O)C=CC(=O)O. The average molecular weight is 461 g/mol. The molecule has 3 N–H and O–H groups in total. The van der Waals surface area contributed by atoms with E-state index in [1.807, 2.05) is 18.2 Å². The molecular formula is C22H21F2N3O6. The molecule has 33 heavy (non-hydrogen) atoms. The number of hydrogen-bond donors (Lipinski definition) is 3. The van der Waals surface area contributed by atoms with Crippen LogP contribution in [0.2, 0.25) is 0 Å². The first kappa shape index (κ1) is 23.8. The summed E-state index contributed by atoms with van der Waals surface area (Å²) in [6, 6.07) is 10.6. The minimum Gasteiger partial charge on any atom is -0.478 e. The van der Waals surface area contributed by atoms with Gasteiger partial charge in [-0.25, -0.2) is 23.1 Å². The van der Waals surface area contributed by atoms with Crippen LogP contribution in [0.15, 0.2) is 54.6 Å². The van der Waals surface area contributed by atoms with Gasteiger partial charge in [-0.1, -0.05) is 12.1 Å². The van der Waals surface area contributed by atoms with E-state index in [9.17, 15) is 18.4 Å². The molecule has 4 rings (SSSR count). The fourth-order valence-corrected chi connectivity index (χ4v) is 3.02. The minimum atomic E-state index is -1.26. The number of carboxylic acid groups (broad SMARTS) is 2. The van der Waals surface area contributed by atoms with E-state index in [2.05, 4.69) is 10.4 Å². The maximum absolute atomic E-state index is 14.2. The van der Waals surface area contributed by atoms with Crippen LogP contribution in [0.25, 0.3) is 16.6 Å². The Morgan fingerprint density at radius 2 is 1.91 bits per heavy atom. The quantitative estimate of drug-likeness (QED) is 0.479. The molecule has 0 amide bonds. The molecule has 11 heteroatoms. The third-order valence-electron chi connectivity index (χ3n) is 4.47. The molecule has 1 atom stereocenters. The van der Waals surface area contributed by atoms with E-state index in [1.165, 1.54) is 4.68 Å². The molecule has 0 radical (unpaired) electrons. The van der Waals surface area contributed by atoms with E-state index in [1.54, 1.807) is 6.07 Å². The predicted octanol–water partition coefficient (Wildman–Crippen LogP) is 2.38. The summed E-state index contributed by atoms with van der Waals surface area (Å²) in [6.07, 6.45) is 1.05. The molecule has 2 aromatic carbocycles. The summed E-state index contributed by atoms with van der Waals surface area (Å²) < 4.78 is 40.5. The van der Waals surface area contributed by atoms with Crippen molar-refractivity contribution in [2.45, 2.75) is 6.10 Å². The number of carboxylic acids is 2. The highest BCUT2D eigenvalue weighted by molar-refractivity contribution is 5.89. The minimum absolute atomic E-state index is 0.0432. The van der Waals surface area contributed by atoms with Crippen molar-refractivity contribution in [3.05, 3.63) is 66.3 Å². The van der Waals surface area contributed by atoms with E-state index >= 15 is 0 Å². The summed E-state index contributed by atoms with van der Waals surface area (Å²) in [5.74, 6) is -3.23. The molecule has 1 aromatic heterocycles. The van der Waals surface area contributed by atoms with Gasteiger partial charge in [0.25, 0.3) is 0 Å². The molecule has 2 heterocycles. The number of nitrogens with one attached hydrogen (secondary N) is 1. The lowest BCUT2D eigenvalue weighted by molar-refractivity contribution is -0.134. The zero-order chi connectivity index (χ0) is 23.8. The van der Waals surface area contributed by atoms with E-state index in [0.29, 0.717) is 43.3 Å². The lowest BCUT2D eigenvalue weighted by Crippen LogP contribution is -2.41. The molecule has 1 unspecified atom stereocenters. The number of benzene rings is 2. The molecule has 1 fully saturated rings. The van der Waals surface area contributed by atoms with E-state index in [0.717, 1.165) is 30.1 Å². The Bertz CT molecular complexity index is 1140. The van der Waals surface area contributed by atoms with Crippen LogP contribution in [0.1, 0.15) is 0 Å². The fraction of sp³-hybridized carbons (Fsp3) is 0.227. The molecule has 0 spiro atoms. The number of carbonyl (C=O) groups is 2. The number of para-hydroxylation sites is 1. The highest BCUT2D eigenvalue weighted by Crippen LogP contribution is 2.28. The van der Waals surface area contributed by atoms with Gasteiger partial charge < -0.3 is 25.0 Å². The number of morpholine rings is 1. The van der Waals surface area contributed by atoms with Crippen LogP contribution in [0.3, 0.4) is 0 Å². The molecule has 0 aliphatic carbocycles. The fourth-order valence-electron chi connectivity index (χ4n) is 3.02. The second-order valence-corrected chi connectivity index (χ2v) is 6.85. The lowest BCUT2D eigenvalue weighted by Gasteiger charge is -2.23. The zero-order valence-corrected chi connectivity index (χ0v) is 17.3. The lowest BCUT2D eigenvalue weighted by atomic mass is 10.2. The molecule has 9 nitrogen and oxygen atoms in total. The Morgan fingerprint density at radius 3 is 2.58 bits per heavy atom. The number of rotatable bonds is 6. The Labute approximate surface area is 186 Å². The number of hydrogen-bond acceptors (Lipinski definition) is 6. The van der Waals surface area contributed by atoms with Crippen LogP contribution >= 0.6 is 0 Å². The standard InChI is InChI=1S/C18H17F2N3O2.C4H4O4/c19-12-5-6-15(20)17(9-12)23-16-4-2-1-3-14(16)18(22-23)25-11-13-10-21-7-8-24-13;5-3(6)1-2-4(7)8/h1-6,9,13,21H,7-8,10-11H2;1-2H,(H,5,6)(H,7,8). The van der Waals surface area contributed by atoms with Gasteiger partial charge in [0.15, 0.2) is 0 Å². The Balaban J connectivity index is 0.000000331. The van der Waals surface area contributed by atoms with Crippen LogP contribution in [0.5, 0.6) is 5.88 Å². The number of aliphatic carboxylic acids is 2. The second kappa shape index (κ2) is 11.2. The van der Waals surface area contributed by atoms with Gasteiger partial charge >= 0.3 is 11.9 Å².